The summed E-state index contributed by atoms with van der Waals surface area (Å²) in [7, 11) is 0. The molecule has 2 aliphatic rings. The van der Waals surface area contributed by atoms with Crippen molar-refractivity contribution >= 4 is 16.8 Å². The number of rotatable bonds is 0. The number of hydrogen-bond acceptors (Lipinski definition) is 3. The summed E-state index contributed by atoms with van der Waals surface area (Å²) in [4.78, 5) is 32.5. The molecule has 5 rings (SSSR count). The molecule has 1 aromatic heterocycles. The van der Waals surface area contributed by atoms with E-state index in [9.17, 15) is 14.0 Å². The van der Waals surface area contributed by atoms with Crippen molar-refractivity contribution in [1.82, 2.24) is 14.5 Å². The van der Waals surface area contributed by atoms with Gasteiger partial charge in [0.05, 0.1) is 28.2 Å². The predicted octanol–water partition coefficient (Wildman–Crippen LogP) is 2.82. The number of carbonyl (C=O) groups is 1. The zero-order valence-electron chi connectivity index (χ0n) is 13.3. The maximum absolute atomic E-state index is 13.6. The van der Waals surface area contributed by atoms with Crippen LogP contribution >= 0.6 is 0 Å². The van der Waals surface area contributed by atoms with Crippen LogP contribution in [0.5, 0.6) is 0 Å². The summed E-state index contributed by atoms with van der Waals surface area (Å²) in [6.45, 7) is 0.634. The van der Waals surface area contributed by atoms with Crippen LogP contribution in [0.1, 0.15) is 35.1 Å². The highest BCUT2D eigenvalue weighted by atomic mass is 19.1. The fourth-order valence-corrected chi connectivity index (χ4v) is 3.91. The van der Waals surface area contributed by atoms with Gasteiger partial charge in [0.15, 0.2) is 0 Å². The predicted molar refractivity (Wildman–Crippen MR) is 90.3 cm³/mol. The highest BCUT2D eigenvalue weighted by Crippen LogP contribution is 2.37. The van der Waals surface area contributed by atoms with Crippen LogP contribution in [0.15, 0.2) is 47.3 Å². The standard InChI is InChI=1S/C19H14FN3O2/c20-11-7-8-12-14(10-11)21-17-16-6-3-9-22(16)18(24)13-4-1-2-5-15(13)23(17)19(12)25/h1-2,4-5,7-8,10,16H,3,6,9H2. The lowest BCUT2D eigenvalue weighted by Gasteiger charge is -2.22. The zero-order valence-corrected chi connectivity index (χ0v) is 13.3. The van der Waals surface area contributed by atoms with E-state index < -0.39 is 5.82 Å². The third-order valence-corrected chi connectivity index (χ3v) is 5.04. The summed E-state index contributed by atoms with van der Waals surface area (Å²) in [5, 5.41) is 0.346. The average molecular weight is 335 g/mol. The van der Waals surface area contributed by atoms with Gasteiger partial charge in [-0.1, -0.05) is 12.1 Å². The highest BCUT2D eigenvalue weighted by Gasteiger charge is 2.38. The van der Waals surface area contributed by atoms with E-state index in [1.165, 1.54) is 22.8 Å². The van der Waals surface area contributed by atoms with Gasteiger partial charge in [-0.3, -0.25) is 14.2 Å². The van der Waals surface area contributed by atoms with E-state index in [1.807, 2.05) is 0 Å². The Kier molecular flexibility index (Phi) is 2.86. The SMILES string of the molecule is O=C1c2ccccc2-n2c(nc3cc(F)ccc3c2=O)C2CCCN12. The molecule has 6 heteroatoms. The van der Waals surface area contributed by atoms with Gasteiger partial charge in [-0.25, -0.2) is 9.37 Å². The molecule has 0 spiro atoms. The third-order valence-electron chi connectivity index (χ3n) is 5.04. The van der Waals surface area contributed by atoms with Crippen molar-refractivity contribution < 1.29 is 9.18 Å². The van der Waals surface area contributed by atoms with E-state index >= 15 is 0 Å². The number of hydrogen-bond donors (Lipinski definition) is 0. The number of carbonyl (C=O) groups excluding carboxylic acids is 1. The maximum Gasteiger partial charge on any atom is 0.266 e. The van der Waals surface area contributed by atoms with E-state index in [2.05, 4.69) is 4.98 Å². The van der Waals surface area contributed by atoms with E-state index in [-0.39, 0.29) is 17.5 Å². The van der Waals surface area contributed by atoms with Gasteiger partial charge in [0.1, 0.15) is 11.6 Å². The molecule has 2 aromatic carbocycles. The fourth-order valence-electron chi connectivity index (χ4n) is 3.91. The monoisotopic (exact) mass is 335 g/mol. The average Bonchev–Trinajstić information content (AvgIpc) is 3.07. The Morgan fingerprint density at radius 3 is 2.84 bits per heavy atom. The zero-order chi connectivity index (χ0) is 17.1. The lowest BCUT2D eigenvalue weighted by atomic mass is 10.1. The second-order valence-electron chi connectivity index (χ2n) is 6.45. The topological polar surface area (TPSA) is 55.2 Å². The minimum absolute atomic E-state index is 0.0850. The number of benzene rings is 2. The van der Waals surface area contributed by atoms with Gasteiger partial charge in [-0.2, -0.15) is 0 Å². The Bertz CT molecular complexity index is 1110. The Balaban J connectivity index is 1.95. The molecule has 1 amide bonds. The summed E-state index contributed by atoms with van der Waals surface area (Å²) in [5.41, 5.74) is 1.10. The van der Waals surface area contributed by atoms with E-state index in [0.29, 0.717) is 34.5 Å². The maximum atomic E-state index is 13.6. The van der Waals surface area contributed by atoms with Crippen LogP contribution in [0, 0.1) is 5.82 Å². The van der Waals surface area contributed by atoms with Crippen LogP contribution in [0.4, 0.5) is 4.39 Å². The molecular weight excluding hydrogens is 321 g/mol. The molecule has 5 nitrogen and oxygen atoms in total. The lowest BCUT2D eigenvalue weighted by Crippen LogP contribution is -2.31. The summed E-state index contributed by atoms with van der Waals surface area (Å²) >= 11 is 0. The third kappa shape index (κ3) is 1.91. The van der Waals surface area contributed by atoms with Crippen molar-refractivity contribution in [2.45, 2.75) is 18.9 Å². The van der Waals surface area contributed by atoms with Crippen molar-refractivity contribution in [3.63, 3.8) is 0 Å². The van der Waals surface area contributed by atoms with Gasteiger partial charge < -0.3 is 4.90 Å². The second kappa shape index (κ2) is 4.99. The highest BCUT2D eigenvalue weighted by molar-refractivity contribution is 5.99. The first-order valence-electron chi connectivity index (χ1n) is 8.28. The summed E-state index contributed by atoms with van der Waals surface area (Å²) < 4.78 is 15.2. The van der Waals surface area contributed by atoms with Crippen LogP contribution in [0.3, 0.4) is 0 Å². The normalized spacial score (nSPS) is 18.7. The van der Waals surface area contributed by atoms with E-state index in [0.717, 1.165) is 12.8 Å². The van der Waals surface area contributed by atoms with Gasteiger partial charge in [-0.15, -0.1) is 0 Å². The smallest absolute Gasteiger partial charge is 0.266 e. The molecule has 0 saturated carbocycles. The molecule has 1 saturated heterocycles. The molecule has 3 heterocycles. The van der Waals surface area contributed by atoms with Crippen molar-refractivity contribution in [2.24, 2.45) is 0 Å². The lowest BCUT2D eigenvalue weighted by molar-refractivity contribution is 0.0736. The Labute approximate surface area is 142 Å². The van der Waals surface area contributed by atoms with Gasteiger partial charge in [0.25, 0.3) is 11.5 Å². The van der Waals surface area contributed by atoms with Crippen molar-refractivity contribution in [3.05, 3.63) is 70.0 Å². The fraction of sp³-hybridized carbons (Fsp3) is 0.211. The number of para-hydroxylation sites is 1. The molecule has 0 N–H and O–H groups in total. The largest absolute Gasteiger partial charge is 0.328 e. The molecule has 0 aliphatic carbocycles. The van der Waals surface area contributed by atoms with Gasteiger partial charge in [0.2, 0.25) is 0 Å². The molecule has 1 atom stereocenters. The Morgan fingerprint density at radius 2 is 1.96 bits per heavy atom. The minimum Gasteiger partial charge on any atom is -0.328 e. The molecule has 0 bridgehead atoms. The molecule has 124 valence electrons. The molecule has 2 aliphatic heterocycles. The van der Waals surface area contributed by atoms with Crippen molar-refractivity contribution in [1.29, 1.82) is 0 Å². The first kappa shape index (κ1) is 14.3. The number of fused-ring (bicyclic) bond motifs is 6. The number of amides is 1. The number of nitrogens with zero attached hydrogens (tertiary/aromatic N) is 3. The quantitative estimate of drug-likeness (QED) is 0.635. The summed E-state index contributed by atoms with van der Waals surface area (Å²) in [6.07, 6.45) is 1.60. The van der Waals surface area contributed by atoms with Crippen LogP contribution in [0.25, 0.3) is 16.6 Å². The molecule has 1 unspecified atom stereocenters. The van der Waals surface area contributed by atoms with Gasteiger partial charge in [0, 0.05) is 12.6 Å². The minimum atomic E-state index is -0.433. The van der Waals surface area contributed by atoms with Gasteiger partial charge in [-0.05, 0) is 37.1 Å². The first-order valence-corrected chi connectivity index (χ1v) is 8.28. The van der Waals surface area contributed by atoms with Crippen LogP contribution in [-0.2, 0) is 0 Å². The van der Waals surface area contributed by atoms with E-state index in [4.69, 9.17) is 0 Å². The number of aromatic nitrogens is 2. The molecular formula is C19H14FN3O2. The van der Waals surface area contributed by atoms with Crippen LogP contribution < -0.4 is 5.56 Å². The number of halogens is 1. The van der Waals surface area contributed by atoms with Gasteiger partial charge >= 0.3 is 0 Å². The summed E-state index contributed by atoms with van der Waals surface area (Å²) in [6, 6.07) is 10.8. The molecule has 3 aromatic rings. The Hall–Kier alpha value is -3.02. The molecule has 1 fully saturated rings. The van der Waals surface area contributed by atoms with E-state index in [1.54, 1.807) is 29.2 Å². The van der Waals surface area contributed by atoms with Crippen molar-refractivity contribution in [2.75, 3.05) is 6.54 Å². The Morgan fingerprint density at radius 1 is 1.12 bits per heavy atom. The second-order valence-corrected chi connectivity index (χ2v) is 6.45. The first-order chi connectivity index (χ1) is 12.1. The van der Waals surface area contributed by atoms with Crippen LogP contribution in [-0.4, -0.2) is 26.9 Å². The summed E-state index contributed by atoms with van der Waals surface area (Å²) in [5.74, 6) is -0.00476. The molecule has 25 heavy (non-hydrogen) atoms. The van der Waals surface area contributed by atoms with Crippen LogP contribution in [0.2, 0.25) is 0 Å². The van der Waals surface area contributed by atoms with Crippen molar-refractivity contribution in [3.8, 4) is 5.69 Å². The molecule has 0 radical (unpaired) electrons.